The fourth-order valence-electron chi connectivity index (χ4n) is 3.12. The Bertz CT molecular complexity index is 712. The van der Waals surface area contributed by atoms with Gasteiger partial charge in [-0.15, -0.1) is 0 Å². The number of nitrogens with one attached hydrogen (secondary N) is 4. The highest BCUT2D eigenvalue weighted by Gasteiger charge is 2.28. The molecule has 2 aliphatic rings. The molecule has 0 radical (unpaired) electrons. The van der Waals surface area contributed by atoms with E-state index in [9.17, 15) is 19.2 Å². The lowest BCUT2D eigenvalue weighted by atomic mass is 10.1. The minimum Gasteiger partial charge on any atom is -0.329 e. The highest BCUT2D eigenvalue weighted by Crippen LogP contribution is 2.15. The van der Waals surface area contributed by atoms with Crippen molar-refractivity contribution in [2.45, 2.75) is 31.7 Å². The highest BCUT2D eigenvalue weighted by atomic mass is 16.2. The van der Waals surface area contributed by atoms with Crippen molar-refractivity contribution in [1.29, 1.82) is 0 Å². The molecule has 0 spiro atoms. The summed E-state index contributed by atoms with van der Waals surface area (Å²) in [5, 5.41) is 11.2. The van der Waals surface area contributed by atoms with Crippen LogP contribution in [-0.4, -0.2) is 54.3 Å². The molecule has 5 amide bonds. The van der Waals surface area contributed by atoms with Crippen molar-refractivity contribution < 1.29 is 19.2 Å². The number of urea groups is 1. The summed E-state index contributed by atoms with van der Waals surface area (Å²) in [5.74, 6) is -0.674. The Balaban J connectivity index is 1.42. The van der Waals surface area contributed by atoms with Crippen LogP contribution >= 0.6 is 0 Å². The van der Waals surface area contributed by atoms with Crippen LogP contribution in [0.5, 0.6) is 0 Å². The number of anilines is 2. The molecule has 2 aliphatic heterocycles. The molecule has 0 aliphatic carbocycles. The van der Waals surface area contributed by atoms with E-state index in [1.165, 1.54) is 0 Å². The van der Waals surface area contributed by atoms with Gasteiger partial charge in [0.2, 0.25) is 17.7 Å². The lowest BCUT2D eigenvalue weighted by Crippen LogP contribution is -2.33. The summed E-state index contributed by atoms with van der Waals surface area (Å²) >= 11 is 0. The average molecular weight is 373 g/mol. The highest BCUT2D eigenvalue weighted by molar-refractivity contribution is 6.02. The summed E-state index contributed by atoms with van der Waals surface area (Å²) in [7, 11) is 0. The standard InChI is InChI=1S/C18H23N5O4/c24-15(7-9-23-17(26)11-20-18(23)27)21-12-3-5-13(6-4-12)22-16(25)10-14-2-1-8-19-14/h3-6,14,19H,1-2,7-11H2,(H,20,27)(H,21,24)(H,22,25). The molecular weight excluding hydrogens is 350 g/mol. The molecule has 1 aromatic carbocycles. The van der Waals surface area contributed by atoms with E-state index in [2.05, 4.69) is 21.3 Å². The Hall–Kier alpha value is -2.94. The van der Waals surface area contributed by atoms with E-state index in [1.807, 2.05) is 0 Å². The maximum absolute atomic E-state index is 12.0. The van der Waals surface area contributed by atoms with Gasteiger partial charge in [0.15, 0.2) is 0 Å². The summed E-state index contributed by atoms with van der Waals surface area (Å²) in [4.78, 5) is 47.9. The van der Waals surface area contributed by atoms with Gasteiger partial charge in [-0.25, -0.2) is 4.79 Å². The van der Waals surface area contributed by atoms with Crippen molar-refractivity contribution in [1.82, 2.24) is 15.5 Å². The lowest BCUT2D eigenvalue weighted by molar-refractivity contribution is -0.125. The maximum atomic E-state index is 12.0. The monoisotopic (exact) mass is 373 g/mol. The van der Waals surface area contributed by atoms with Gasteiger partial charge in [-0.1, -0.05) is 0 Å². The molecule has 2 fully saturated rings. The van der Waals surface area contributed by atoms with Crippen LogP contribution in [0.2, 0.25) is 0 Å². The Morgan fingerprint density at radius 3 is 2.30 bits per heavy atom. The number of hydrogen-bond donors (Lipinski definition) is 4. The number of carbonyl (C=O) groups is 4. The first-order valence-electron chi connectivity index (χ1n) is 9.02. The molecule has 0 aromatic heterocycles. The number of rotatable bonds is 7. The SMILES string of the molecule is O=C(CCN1C(=O)CNC1=O)Nc1ccc(NC(=O)CC2CCCN2)cc1. The topological polar surface area (TPSA) is 120 Å². The second-order valence-corrected chi connectivity index (χ2v) is 6.63. The van der Waals surface area contributed by atoms with Crippen molar-refractivity contribution in [2.75, 3.05) is 30.3 Å². The Morgan fingerprint density at radius 1 is 1.07 bits per heavy atom. The van der Waals surface area contributed by atoms with E-state index in [0.717, 1.165) is 24.3 Å². The molecule has 0 saturated carbocycles. The first-order chi connectivity index (χ1) is 13.0. The zero-order valence-electron chi connectivity index (χ0n) is 14.9. The van der Waals surface area contributed by atoms with Crippen LogP contribution in [0.3, 0.4) is 0 Å². The van der Waals surface area contributed by atoms with Crippen molar-refractivity contribution in [2.24, 2.45) is 0 Å². The third kappa shape index (κ3) is 5.27. The molecule has 2 saturated heterocycles. The quantitative estimate of drug-likeness (QED) is 0.523. The third-order valence-corrected chi connectivity index (χ3v) is 4.55. The second-order valence-electron chi connectivity index (χ2n) is 6.63. The molecule has 9 heteroatoms. The minimum absolute atomic E-state index is 0.0199. The Morgan fingerprint density at radius 2 is 1.74 bits per heavy atom. The van der Waals surface area contributed by atoms with Crippen LogP contribution in [0, 0.1) is 0 Å². The Labute approximate surface area is 156 Å². The number of amides is 5. The van der Waals surface area contributed by atoms with Crippen molar-refractivity contribution in [3.63, 3.8) is 0 Å². The predicted octanol–water partition coefficient (Wildman–Crippen LogP) is 0.648. The zero-order valence-corrected chi connectivity index (χ0v) is 14.9. The van der Waals surface area contributed by atoms with E-state index >= 15 is 0 Å². The fourth-order valence-corrected chi connectivity index (χ4v) is 3.12. The molecule has 27 heavy (non-hydrogen) atoms. The molecule has 2 heterocycles. The maximum Gasteiger partial charge on any atom is 0.324 e. The lowest BCUT2D eigenvalue weighted by Gasteiger charge is -2.13. The van der Waals surface area contributed by atoms with Crippen LogP contribution < -0.4 is 21.3 Å². The average Bonchev–Trinajstić information content (AvgIpc) is 3.25. The van der Waals surface area contributed by atoms with Gasteiger partial charge in [0, 0.05) is 36.8 Å². The van der Waals surface area contributed by atoms with Crippen LogP contribution in [0.1, 0.15) is 25.7 Å². The molecule has 1 aromatic rings. The first kappa shape index (κ1) is 18.8. The largest absolute Gasteiger partial charge is 0.329 e. The fraction of sp³-hybridized carbons (Fsp3) is 0.444. The zero-order chi connectivity index (χ0) is 19.2. The van der Waals surface area contributed by atoms with Crippen LogP contribution in [-0.2, 0) is 14.4 Å². The van der Waals surface area contributed by atoms with Crippen LogP contribution in [0.25, 0.3) is 0 Å². The summed E-state index contributed by atoms with van der Waals surface area (Å²) in [5.41, 5.74) is 1.24. The van der Waals surface area contributed by atoms with E-state index in [-0.39, 0.29) is 43.3 Å². The van der Waals surface area contributed by atoms with Crippen molar-refractivity contribution in [3.8, 4) is 0 Å². The smallest absolute Gasteiger partial charge is 0.324 e. The van der Waals surface area contributed by atoms with Crippen LogP contribution in [0.4, 0.5) is 16.2 Å². The normalized spacial score (nSPS) is 19.1. The van der Waals surface area contributed by atoms with Gasteiger partial charge in [0.1, 0.15) is 0 Å². The second kappa shape index (κ2) is 8.63. The van der Waals surface area contributed by atoms with Gasteiger partial charge < -0.3 is 21.3 Å². The van der Waals surface area contributed by atoms with Gasteiger partial charge in [-0.05, 0) is 43.7 Å². The van der Waals surface area contributed by atoms with E-state index in [1.54, 1.807) is 24.3 Å². The van der Waals surface area contributed by atoms with Crippen LogP contribution in [0.15, 0.2) is 24.3 Å². The van der Waals surface area contributed by atoms with Gasteiger partial charge >= 0.3 is 6.03 Å². The number of nitrogens with zero attached hydrogens (tertiary/aromatic N) is 1. The molecule has 1 atom stereocenters. The van der Waals surface area contributed by atoms with E-state index < -0.39 is 6.03 Å². The Kier molecular flexibility index (Phi) is 6.02. The molecule has 0 bridgehead atoms. The molecular formula is C18H23N5O4. The molecule has 1 unspecified atom stereocenters. The van der Waals surface area contributed by atoms with Gasteiger partial charge in [0.25, 0.3) is 0 Å². The van der Waals surface area contributed by atoms with E-state index in [4.69, 9.17) is 0 Å². The summed E-state index contributed by atoms with van der Waals surface area (Å²) in [6, 6.07) is 6.58. The van der Waals surface area contributed by atoms with Gasteiger partial charge in [0.05, 0.1) is 6.54 Å². The number of carbonyl (C=O) groups excluding carboxylic acids is 4. The van der Waals surface area contributed by atoms with E-state index in [0.29, 0.717) is 17.8 Å². The molecule has 3 rings (SSSR count). The molecule has 144 valence electrons. The van der Waals surface area contributed by atoms with Gasteiger partial charge in [-0.2, -0.15) is 0 Å². The number of hydrogen-bond acceptors (Lipinski definition) is 5. The first-order valence-corrected chi connectivity index (χ1v) is 9.02. The summed E-state index contributed by atoms with van der Waals surface area (Å²) < 4.78 is 0. The van der Waals surface area contributed by atoms with Crippen molar-refractivity contribution in [3.05, 3.63) is 24.3 Å². The van der Waals surface area contributed by atoms with Crippen molar-refractivity contribution >= 4 is 35.1 Å². The number of imide groups is 1. The van der Waals surface area contributed by atoms with Gasteiger partial charge in [-0.3, -0.25) is 19.3 Å². The minimum atomic E-state index is -0.472. The number of benzene rings is 1. The molecule has 9 nitrogen and oxygen atoms in total. The summed E-state index contributed by atoms with van der Waals surface area (Å²) in [6.45, 7) is 0.979. The third-order valence-electron chi connectivity index (χ3n) is 4.55. The predicted molar refractivity (Wildman–Crippen MR) is 99.1 cm³/mol. The molecule has 4 N–H and O–H groups in total. The summed E-state index contributed by atoms with van der Waals surface area (Å²) in [6.07, 6.45) is 2.58.